The summed E-state index contributed by atoms with van der Waals surface area (Å²) in [5.74, 6) is 2.32. The number of methoxy groups -OCH3 is 1. The summed E-state index contributed by atoms with van der Waals surface area (Å²) in [5.41, 5.74) is 3.19. The second-order valence-electron chi connectivity index (χ2n) is 6.79. The first-order valence-electron chi connectivity index (χ1n) is 9.06. The maximum Gasteiger partial charge on any atom is 0.216 e. The summed E-state index contributed by atoms with van der Waals surface area (Å²) in [6.45, 7) is 6.63. The van der Waals surface area contributed by atoms with Gasteiger partial charge in [-0.25, -0.2) is 0 Å². The average molecular weight is 397 g/mol. The molecule has 0 aliphatic rings. The van der Waals surface area contributed by atoms with Crippen molar-refractivity contribution < 1.29 is 9.47 Å². The maximum absolute atomic E-state index is 5.94. The van der Waals surface area contributed by atoms with Crippen LogP contribution in [0, 0.1) is 11.7 Å². The Bertz CT molecular complexity index is 1040. The highest BCUT2D eigenvalue weighted by Crippen LogP contribution is 2.28. The van der Waals surface area contributed by atoms with Crippen molar-refractivity contribution in [2.75, 3.05) is 7.11 Å². The maximum atomic E-state index is 5.94. The van der Waals surface area contributed by atoms with E-state index in [1.165, 1.54) is 5.56 Å². The topological polar surface area (TPSA) is 64.4 Å². The van der Waals surface area contributed by atoms with Crippen molar-refractivity contribution in [3.05, 3.63) is 69.8 Å². The fourth-order valence-corrected chi connectivity index (χ4v) is 2.95. The molecule has 0 bridgehead atoms. The highest BCUT2D eigenvalue weighted by Gasteiger charge is 2.09. The largest absolute Gasteiger partial charge is 0.493 e. The molecule has 7 heteroatoms. The van der Waals surface area contributed by atoms with Crippen molar-refractivity contribution in [1.29, 1.82) is 0 Å². The predicted molar refractivity (Wildman–Crippen MR) is 113 cm³/mol. The molecule has 0 atom stereocenters. The molecule has 0 saturated heterocycles. The number of aromatic amines is 1. The fraction of sp³-hybridized carbons (Fsp3) is 0.286. The quantitative estimate of drug-likeness (QED) is 0.458. The Kier molecular flexibility index (Phi) is 6.26. The molecule has 0 unspecified atom stereocenters. The van der Waals surface area contributed by atoms with Gasteiger partial charge < -0.3 is 9.47 Å². The van der Waals surface area contributed by atoms with Crippen LogP contribution in [0.3, 0.4) is 0 Å². The molecule has 28 heavy (non-hydrogen) atoms. The number of rotatable bonds is 7. The van der Waals surface area contributed by atoms with Gasteiger partial charge in [0.25, 0.3) is 0 Å². The third kappa shape index (κ3) is 4.67. The van der Waals surface area contributed by atoms with Gasteiger partial charge in [0, 0.05) is 5.92 Å². The average Bonchev–Trinajstić information content (AvgIpc) is 3.05. The van der Waals surface area contributed by atoms with Crippen LogP contribution < -0.4 is 9.47 Å². The van der Waals surface area contributed by atoms with Gasteiger partial charge in [0.2, 0.25) is 4.77 Å². The second-order valence-corrected chi connectivity index (χ2v) is 7.17. The van der Waals surface area contributed by atoms with Crippen LogP contribution >= 0.6 is 12.2 Å². The molecule has 6 nitrogen and oxygen atoms in total. The summed E-state index contributed by atoms with van der Waals surface area (Å²) in [7, 11) is 1.62. The molecular weight excluding hydrogens is 372 g/mol. The summed E-state index contributed by atoms with van der Waals surface area (Å²) in [6, 6.07) is 13.9. The smallest absolute Gasteiger partial charge is 0.216 e. The number of nitrogens with one attached hydrogen (secondary N) is 1. The molecule has 0 aliphatic carbocycles. The van der Waals surface area contributed by atoms with E-state index in [2.05, 4.69) is 34.4 Å². The molecular formula is C21H24N4O2S. The van der Waals surface area contributed by atoms with Gasteiger partial charge >= 0.3 is 0 Å². The summed E-state index contributed by atoms with van der Waals surface area (Å²) in [6.07, 6.45) is 1.73. The lowest BCUT2D eigenvalue weighted by molar-refractivity contribution is 0.284. The highest BCUT2D eigenvalue weighted by molar-refractivity contribution is 7.71. The third-order valence-corrected chi connectivity index (χ3v) is 4.44. The Morgan fingerprint density at radius 3 is 2.75 bits per heavy atom. The lowest BCUT2D eigenvalue weighted by atomic mass is 10.1. The van der Waals surface area contributed by atoms with Crippen molar-refractivity contribution in [2.24, 2.45) is 5.10 Å². The van der Waals surface area contributed by atoms with Crippen LogP contribution in [0.25, 0.3) is 0 Å². The second kappa shape index (κ2) is 8.84. The molecule has 2 aromatic carbocycles. The van der Waals surface area contributed by atoms with E-state index in [4.69, 9.17) is 21.7 Å². The Morgan fingerprint density at radius 1 is 1.21 bits per heavy atom. The number of aryl methyl sites for hydroxylation is 1. The van der Waals surface area contributed by atoms with Gasteiger partial charge in [0.05, 0.1) is 13.3 Å². The SMILES string of the molecule is COc1cc(/C=N\n2c(C(C)C)n[nH]c2=S)ccc1OCc1cccc(C)c1. The zero-order valence-electron chi connectivity index (χ0n) is 16.5. The van der Waals surface area contributed by atoms with Crippen molar-refractivity contribution in [3.63, 3.8) is 0 Å². The zero-order chi connectivity index (χ0) is 20.1. The highest BCUT2D eigenvalue weighted by atomic mass is 32.1. The molecule has 3 rings (SSSR count). The molecule has 0 radical (unpaired) electrons. The monoisotopic (exact) mass is 396 g/mol. The first-order chi connectivity index (χ1) is 13.5. The molecule has 0 saturated carbocycles. The van der Waals surface area contributed by atoms with Crippen molar-refractivity contribution >= 4 is 18.4 Å². The number of hydrogen-bond acceptors (Lipinski definition) is 5. The Morgan fingerprint density at radius 2 is 2.04 bits per heavy atom. The van der Waals surface area contributed by atoms with Crippen LogP contribution in [-0.4, -0.2) is 28.2 Å². The molecule has 146 valence electrons. The molecule has 0 amide bonds. The van der Waals surface area contributed by atoms with Crippen LogP contribution in [-0.2, 0) is 6.61 Å². The normalized spacial score (nSPS) is 11.3. The van der Waals surface area contributed by atoms with Gasteiger partial charge in [-0.15, -0.1) is 0 Å². The molecule has 1 N–H and O–H groups in total. The Balaban J connectivity index is 1.78. The van der Waals surface area contributed by atoms with E-state index in [0.717, 1.165) is 17.0 Å². The van der Waals surface area contributed by atoms with E-state index in [0.29, 0.717) is 22.9 Å². The number of ether oxygens (including phenoxy) is 2. The summed E-state index contributed by atoms with van der Waals surface area (Å²) >= 11 is 5.25. The van der Waals surface area contributed by atoms with Crippen LogP contribution in [0.4, 0.5) is 0 Å². The van der Waals surface area contributed by atoms with Crippen LogP contribution in [0.5, 0.6) is 11.5 Å². The Labute approximate surface area is 169 Å². The van der Waals surface area contributed by atoms with Gasteiger partial charge in [-0.3, -0.25) is 5.10 Å². The predicted octanol–water partition coefficient (Wildman–Crippen LogP) is 4.84. The van der Waals surface area contributed by atoms with Gasteiger partial charge in [-0.05, 0) is 48.5 Å². The van der Waals surface area contributed by atoms with E-state index in [-0.39, 0.29) is 5.92 Å². The van der Waals surface area contributed by atoms with Crippen molar-refractivity contribution in [1.82, 2.24) is 14.9 Å². The van der Waals surface area contributed by atoms with E-state index < -0.39 is 0 Å². The number of hydrogen-bond donors (Lipinski definition) is 1. The number of H-pyrrole nitrogens is 1. The number of aromatic nitrogens is 3. The molecule has 0 fully saturated rings. The number of nitrogens with zero attached hydrogens (tertiary/aromatic N) is 3. The van der Waals surface area contributed by atoms with Crippen molar-refractivity contribution in [3.8, 4) is 11.5 Å². The molecule has 1 aromatic heterocycles. The number of benzene rings is 2. The Hall–Kier alpha value is -2.93. The fourth-order valence-electron chi connectivity index (χ4n) is 2.76. The van der Waals surface area contributed by atoms with Gasteiger partial charge in [-0.1, -0.05) is 43.7 Å². The van der Waals surface area contributed by atoms with Crippen LogP contribution in [0.15, 0.2) is 47.6 Å². The lowest BCUT2D eigenvalue weighted by Gasteiger charge is -2.11. The van der Waals surface area contributed by atoms with E-state index in [9.17, 15) is 0 Å². The molecule has 0 spiro atoms. The minimum atomic E-state index is 0.206. The summed E-state index contributed by atoms with van der Waals surface area (Å²) < 4.78 is 13.5. The molecule has 3 aromatic rings. The van der Waals surface area contributed by atoms with Gasteiger partial charge in [0.15, 0.2) is 17.3 Å². The molecule has 0 aliphatic heterocycles. The van der Waals surface area contributed by atoms with E-state index in [1.807, 2.05) is 44.2 Å². The first kappa shape index (κ1) is 19.8. The van der Waals surface area contributed by atoms with Crippen LogP contribution in [0.2, 0.25) is 0 Å². The standard InChI is InChI=1S/C21H24N4O2S/c1-14(2)20-23-24-21(28)25(20)22-12-16-8-9-18(19(11-16)26-4)27-13-17-7-5-6-15(3)10-17/h5-12,14H,13H2,1-4H3,(H,24,28)/b22-12-. The van der Waals surface area contributed by atoms with E-state index >= 15 is 0 Å². The van der Waals surface area contributed by atoms with Gasteiger partial charge in [0.1, 0.15) is 6.61 Å². The summed E-state index contributed by atoms with van der Waals surface area (Å²) in [5, 5.41) is 11.5. The summed E-state index contributed by atoms with van der Waals surface area (Å²) in [4.78, 5) is 0. The third-order valence-electron chi connectivity index (χ3n) is 4.18. The lowest BCUT2D eigenvalue weighted by Crippen LogP contribution is -2.01. The minimum absolute atomic E-state index is 0.206. The van der Waals surface area contributed by atoms with Gasteiger partial charge in [-0.2, -0.15) is 14.9 Å². The van der Waals surface area contributed by atoms with E-state index in [1.54, 1.807) is 18.0 Å². The molecule has 1 heterocycles. The van der Waals surface area contributed by atoms with Crippen molar-refractivity contribution in [2.45, 2.75) is 33.3 Å². The first-order valence-corrected chi connectivity index (χ1v) is 9.47. The minimum Gasteiger partial charge on any atom is -0.493 e. The zero-order valence-corrected chi connectivity index (χ0v) is 17.3. The van der Waals surface area contributed by atoms with Crippen LogP contribution in [0.1, 0.15) is 42.3 Å².